The van der Waals surface area contributed by atoms with Crippen molar-refractivity contribution in [1.29, 1.82) is 0 Å². The molecule has 0 saturated carbocycles. The smallest absolute Gasteiger partial charge is 0.224 e. The molecule has 3 rings (SSSR count). The minimum Gasteiger partial charge on any atom is -0.393 e. The first-order valence-corrected chi connectivity index (χ1v) is 8.67. The minimum absolute atomic E-state index is 0.118. The van der Waals surface area contributed by atoms with Crippen LogP contribution >= 0.6 is 0 Å². The second-order valence-corrected chi connectivity index (χ2v) is 6.73. The molecule has 0 spiro atoms. The number of amides is 1. The topological polar surface area (TPSA) is 64.6 Å². The summed E-state index contributed by atoms with van der Waals surface area (Å²) in [5.74, 6) is 0.287. The first-order chi connectivity index (χ1) is 11.2. The van der Waals surface area contributed by atoms with Crippen molar-refractivity contribution in [2.24, 2.45) is 5.92 Å². The summed E-state index contributed by atoms with van der Waals surface area (Å²) < 4.78 is 0. The fourth-order valence-electron chi connectivity index (χ4n) is 3.31. The predicted molar refractivity (Wildman–Crippen MR) is 89.8 cm³/mol. The molecule has 1 amide bonds. The van der Waals surface area contributed by atoms with Crippen LogP contribution in [-0.4, -0.2) is 48.2 Å². The summed E-state index contributed by atoms with van der Waals surface area (Å²) in [5.41, 5.74) is 2.43. The van der Waals surface area contributed by atoms with Gasteiger partial charge in [-0.25, -0.2) is 0 Å². The van der Waals surface area contributed by atoms with Crippen molar-refractivity contribution in [3.63, 3.8) is 0 Å². The molecular formula is C18H27N3O2. The Balaban J connectivity index is 1.44. The molecule has 1 aromatic rings. The van der Waals surface area contributed by atoms with Gasteiger partial charge < -0.3 is 15.7 Å². The number of carbonyl (C=O) groups is 1. The van der Waals surface area contributed by atoms with Crippen LogP contribution in [0.2, 0.25) is 0 Å². The Labute approximate surface area is 138 Å². The van der Waals surface area contributed by atoms with Crippen LogP contribution in [0, 0.1) is 5.92 Å². The molecule has 0 aromatic heterocycles. The van der Waals surface area contributed by atoms with Crippen LogP contribution < -0.4 is 10.6 Å². The van der Waals surface area contributed by atoms with E-state index in [2.05, 4.69) is 39.8 Å². The highest BCUT2D eigenvalue weighted by molar-refractivity contribution is 5.79. The Morgan fingerprint density at radius 1 is 1.17 bits per heavy atom. The molecular weight excluding hydrogens is 290 g/mol. The van der Waals surface area contributed by atoms with Crippen molar-refractivity contribution in [3.05, 3.63) is 35.4 Å². The Kier molecular flexibility index (Phi) is 5.65. The fourth-order valence-corrected chi connectivity index (χ4v) is 3.31. The van der Waals surface area contributed by atoms with Crippen LogP contribution in [0.3, 0.4) is 0 Å². The monoisotopic (exact) mass is 317 g/mol. The molecule has 0 bridgehead atoms. The van der Waals surface area contributed by atoms with E-state index in [1.807, 2.05) is 0 Å². The molecule has 3 N–H and O–H groups in total. The van der Waals surface area contributed by atoms with Gasteiger partial charge in [-0.1, -0.05) is 24.3 Å². The lowest BCUT2D eigenvalue weighted by molar-refractivity contribution is -0.124. The molecule has 2 aliphatic heterocycles. The number of nitrogens with one attached hydrogen (secondary N) is 2. The average molecular weight is 317 g/mol. The average Bonchev–Trinajstić information content (AvgIpc) is 3.11. The summed E-state index contributed by atoms with van der Waals surface area (Å²) in [4.78, 5) is 14.4. The van der Waals surface area contributed by atoms with E-state index in [0.29, 0.717) is 6.54 Å². The molecule has 2 saturated heterocycles. The van der Waals surface area contributed by atoms with E-state index in [0.717, 1.165) is 57.5 Å². The van der Waals surface area contributed by atoms with E-state index in [4.69, 9.17) is 0 Å². The number of likely N-dealkylation sites (tertiary alicyclic amines) is 1. The van der Waals surface area contributed by atoms with Gasteiger partial charge in [0.05, 0.1) is 12.0 Å². The quantitative estimate of drug-likeness (QED) is 0.754. The molecule has 5 heteroatoms. The van der Waals surface area contributed by atoms with Gasteiger partial charge >= 0.3 is 0 Å². The summed E-state index contributed by atoms with van der Waals surface area (Å²) >= 11 is 0. The number of carbonyl (C=O) groups excluding carboxylic acids is 1. The first-order valence-electron chi connectivity index (χ1n) is 8.67. The van der Waals surface area contributed by atoms with E-state index in [-0.39, 0.29) is 17.9 Å². The van der Waals surface area contributed by atoms with Crippen molar-refractivity contribution in [1.82, 2.24) is 15.5 Å². The van der Waals surface area contributed by atoms with Crippen molar-refractivity contribution >= 4 is 5.91 Å². The third-order valence-electron chi connectivity index (χ3n) is 4.88. The zero-order valence-electron chi connectivity index (χ0n) is 13.6. The molecule has 2 heterocycles. The molecule has 23 heavy (non-hydrogen) atoms. The van der Waals surface area contributed by atoms with Crippen LogP contribution in [0.4, 0.5) is 0 Å². The SMILES string of the molecule is O=C(NCc1ccc(CN2CCC(O)CC2)cc1)C1CCNC1. The highest BCUT2D eigenvalue weighted by Crippen LogP contribution is 2.14. The van der Waals surface area contributed by atoms with Crippen LogP contribution in [-0.2, 0) is 17.9 Å². The van der Waals surface area contributed by atoms with Crippen LogP contribution in [0.5, 0.6) is 0 Å². The van der Waals surface area contributed by atoms with Gasteiger partial charge in [-0.15, -0.1) is 0 Å². The van der Waals surface area contributed by atoms with Crippen molar-refractivity contribution in [3.8, 4) is 0 Å². The molecule has 2 fully saturated rings. The van der Waals surface area contributed by atoms with Gasteiger partial charge in [0.15, 0.2) is 0 Å². The normalized spacial score (nSPS) is 23.1. The Morgan fingerprint density at radius 2 is 1.87 bits per heavy atom. The van der Waals surface area contributed by atoms with Crippen LogP contribution in [0.25, 0.3) is 0 Å². The van der Waals surface area contributed by atoms with E-state index in [1.54, 1.807) is 0 Å². The van der Waals surface area contributed by atoms with E-state index >= 15 is 0 Å². The Bertz CT molecular complexity index is 504. The van der Waals surface area contributed by atoms with Gasteiger partial charge in [-0.2, -0.15) is 0 Å². The van der Waals surface area contributed by atoms with Gasteiger partial charge in [0.1, 0.15) is 0 Å². The molecule has 2 aliphatic rings. The summed E-state index contributed by atoms with van der Waals surface area (Å²) in [7, 11) is 0. The summed E-state index contributed by atoms with van der Waals surface area (Å²) in [6.07, 6.45) is 2.57. The maximum absolute atomic E-state index is 12.0. The lowest BCUT2D eigenvalue weighted by Gasteiger charge is -2.29. The predicted octanol–water partition coefficient (Wildman–Crippen LogP) is 0.869. The number of hydrogen-bond donors (Lipinski definition) is 3. The second kappa shape index (κ2) is 7.90. The molecule has 1 unspecified atom stereocenters. The highest BCUT2D eigenvalue weighted by atomic mass is 16.3. The summed E-state index contributed by atoms with van der Waals surface area (Å²) in [6.45, 7) is 5.22. The molecule has 126 valence electrons. The van der Waals surface area contributed by atoms with Gasteiger partial charge in [0.25, 0.3) is 0 Å². The largest absolute Gasteiger partial charge is 0.393 e. The third-order valence-corrected chi connectivity index (χ3v) is 4.88. The van der Waals surface area contributed by atoms with Crippen molar-refractivity contribution in [2.45, 2.75) is 38.5 Å². The molecule has 1 atom stereocenters. The number of aliphatic hydroxyl groups is 1. The zero-order valence-corrected chi connectivity index (χ0v) is 13.6. The Hall–Kier alpha value is -1.43. The van der Waals surface area contributed by atoms with Gasteiger partial charge in [-0.3, -0.25) is 9.69 Å². The van der Waals surface area contributed by atoms with Gasteiger partial charge in [0, 0.05) is 32.7 Å². The van der Waals surface area contributed by atoms with E-state index < -0.39 is 0 Å². The number of hydrogen-bond acceptors (Lipinski definition) is 4. The van der Waals surface area contributed by atoms with Crippen molar-refractivity contribution in [2.75, 3.05) is 26.2 Å². The highest BCUT2D eigenvalue weighted by Gasteiger charge is 2.21. The van der Waals surface area contributed by atoms with E-state index in [1.165, 1.54) is 5.56 Å². The number of aliphatic hydroxyl groups excluding tert-OH is 1. The lowest BCUT2D eigenvalue weighted by atomic mass is 10.1. The second-order valence-electron chi connectivity index (χ2n) is 6.73. The van der Waals surface area contributed by atoms with Crippen LogP contribution in [0.15, 0.2) is 24.3 Å². The number of benzene rings is 1. The third kappa shape index (κ3) is 4.77. The number of rotatable bonds is 5. The summed E-state index contributed by atoms with van der Waals surface area (Å²) in [6, 6.07) is 8.48. The molecule has 5 nitrogen and oxygen atoms in total. The zero-order chi connectivity index (χ0) is 16.1. The van der Waals surface area contributed by atoms with Crippen molar-refractivity contribution < 1.29 is 9.90 Å². The standard InChI is InChI=1S/C18H27N3O2/c22-17-6-9-21(10-7-17)13-15-3-1-14(2-4-15)11-20-18(23)16-5-8-19-12-16/h1-4,16-17,19,22H,5-13H2,(H,20,23). The maximum Gasteiger partial charge on any atom is 0.224 e. The number of nitrogens with zero attached hydrogens (tertiary/aromatic N) is 1. The Morgan fingerprint density at radius 3 is 2.52 bits per heavy atom. The fraction of sp³-hybridized carbons (Fsp3) is 0.611. The maximum atomic E-state index is 12.0. The van der Waals surface area contributed by atoms with E-state index in [9.17, 15) is 9.90 Å². The first kappa shape index (κ1) is 16.4. The molecule has 1 aromatic carbocycles. The molecule has 0 radical (unpaired) electrons. The summed E-state index contributed by atoms with van der Waals surface area (Å²) in [5, 5.41) is 15.8. The molecule has 0 aliphatic carbocycles. The lowest BCUT2D eigenvalue weighted by Crippen LogP contribution is -2.35. The van der Waals surface area contributed by atoms with Gasteiger partial charge in [0.2, 0.25) is 5.91 Å². The minimum atomic E-state index is -0.118. The van der Waals surface area contributed by atoms with Crippen LogP contribution in [0.1, 0.15) is 30.4 Å². The van der Waals surface area contributed by atoms with Gasteiger partial charge in [-0.05, 0) is 36.9 Å². The number of piperidine rings is 1.